The summed E-state index contributed by atoms with van der Waals surface area (Å²) >= 11 is 0. The lowest BCUT2D eigenvalue weighted by molar-refractivity contribution is -0.149. The van der Waals surface area contributed by atoms with E-state index >= 15 is 0 Å². The third kappa shape index (κ3) is 6.42. The number of rotatable bonds is 10. The molecule has 0 saturated heterocycles. The fourth-order valence-electron chi connectivity index (χ4n) is 2.31. The van der Waals surface area contributed by atoms with E-state index in [4.69, 9.17) is 14.2 Å². The van der Waals surface area contributed by atoms with E-state index in [-0.39, 0.29) is 12.4 Å². The highest BCUT2D eigenvalue weighted by Gasteiger charge is 2.11. The van der Waals surface area contributed by atoms with E-state index < -0.39 is 18.5 Å². The molecule has 0 saturated carbocycles. The first-order valence-electron chi connectivity index (χ1n) is 8.96. The molecule has 1 amide bonds. The first-order valence-corrected chi connectivity index (χ1v) is 8.96. The number of ketones is 1. The number of amides is 1. The summed E-state index contributed by atoms with van der Waals surface area (Å²) in [4.78, 5) is 35.3. The highest BCUT2D eigenvalue weighted by atomic mass is 16.6. The Balaban J connectivity index is 1.76. The van der Waals surface area contributed by atoms with Crippen LogP contribution in [-0.4, -0.2) is 37.5 Å². The number of Topliss-reactive ketones (excluding diaryl/α,β-unsaturated/α-hetero) is 1. The van der Waals surface area contributed by atoms with Gasteiger partial charge < -0.3 is 19.5 Å². The molecule has 0 aliphatic carbocycles. The topological polar surface area (TPSA) is 90.9 Å². The summed E-state index contributed by atoms with van der Waals surface area (Å²) in [6.07, 6.45) is 0.420. The fraction of sp³-hybridized carbons (Fsp3) is 0.286. The quantitative estimate of drug-likeness (QED) is 0.499. The van der Waals surface area contributed by atoms with Crippen molar-refractivity contribution in [2.75, 3.05) is 25.1 Å². The second-order valence-corrected chi connectivity index (χ2v) is 5.73. The van der Waals surface area contributed by atoms with Crippen LogP contribution in [0.4, 0.5) is 5.69 Å². The van der Waals surface area contributed by atoms with Gasteiger partial charge in [-0.3, -0.25) is 9.59 Å². The van der Waals surface area contributed by atoms with Gasteiger partial charge >= 0.3 is 5.97 Å². The average molecular weight is 385 g/mol. The van der Waals surface area contributed by atoms with Gasteiger partial charge in [0.1, 0.15) is 11.5 Å². The number of hydrogen-bond donors (Lipinski definition) is 1. The molecular formula is C21H23NO6. The number of hydrogen-bond acceptors (Lipinski definition) is 6. The molecule has 2 aromatic rings. The number of esters is 1. The molecule has 0 atom stereocenters. The molecule has 0 bridgehead atoms. The van der Waals surface area contributed by atoms with E-state index in [1.165, 1.54) is 0 Å². The number of carbonyl (C=O) groups is 3. The summed E-state index contributed by atoms with van der Waals surface area (Å²) in [5, 5.41) is 2.63. The lowest BCUT2D eigenvalue weighted by atomic mass is 10.1. The van der Waals surface area contributed by atoms with Gasteiger partial charge in [0.2, 0.25) is 0 Å². The average Bonchev–Trinajstić information content (AvgIpc) is 2.72. The minimum absolute atomic E-state index is 0.0304. The van der Waals surface area contributed by atoms with Gasteiger partial charge in [-0.2, -0.15) is 0 Å². The van der Waals surface area contributed by atoms with Gasteiger partial charge in [-0.25, -0.2) is 4.79 Å². The smallest absolute Gasteiger partial charge is 0.344 e. The zero-order valence-corrected chi connectivity index (χ0v) is 15.9. The first-order chi connectivity index (χ1) is 13.5. The maximum atomic E-state index is 12.0. The second-order valence-electron chi connectivity index (χ2n) is 5.73. The highest BCUT2D eigenvalue weighted by molar-refractivity contribution is 5.96. The van der Waals surface area contributed by atoms with Crippen molar-refractivity contribution < 1.29 is 28.6 Å². The van der Waals surface area contributed by atoms with Gasteiger partial charge in [-0.1, -0.05) is 19.1 Å². The molecule has 7 heteroatoms. The van der Waals surface area contributed by atoms with Crippen LogP contribution in [0.3, 0.4) is 0 Å². The van der Waals surface area contributed by atoms with Crippen molar-refractivity contribution in [2.24, 2.45) is 0 Å². The molecule has 0 aliphatic rings. The molecule has 2 rings (SSSR count). The normalized spacial score (nSPS) is 10.1. The van der Waals surface area contributed by atoms with Gasteiger partial charge in [0.25, 0.3) is 5.91 Å². The first kappa shape index (κ1) is 21.0. The Kier molecular flexibility index (Phi) is 8.02. The van der Waals surface area contributed by atoms with Crippen LogP contribution in [-0.2, 0) is 14.3 Å². The zero-order chi connectivity index (χ0) is 20.4. The number of benzene rings is 2. The second kappa shape index (κ2) is 10.7. The van der Waals surface area contributed by atoms with Crippen molar-refractivity contribution in [2.45, 2.75) is 20.3 Å². The largest absolute Gasteiger partial charge is 0.492 e. The summed E-state index contributed by atoms with van der Waals surface area (Å²) in [6, 6.07) is 13.5. The summed E-state index contributed by atoms with van der Waals surface area (Å²) in [6.45, 7) is 3.31. The molecule has 0 aliphatic heterocycles. The van der Waals surface area contributed by atoms with Crippen LogP contribution in [0.5, 0.6) is 11.5 Å². The Bertz CT molecular complexity index is 816. The predicted molar refractivity (Wildman–Crippen MR) is 104 cm³/mol. The van der Waals surface area contributed by atoms with Crippen molar-refractivity contribution in [3.8, 4) is 11.5 Å². The SMILES string of the molecule is CCOc1ccccc1NC(=O)COC(=O)COc1ccc(C(=O)CC)cc1. The Morgan fingerprint density at radius 1 is 0.893 bits per heavy atom. The molecule has 0 spiro atoms. The van der Waals surface area contributed by atoms with Crippen LogP contribution < -0.4 is 14.8 Å². The van der Waals surface area contributed by atoms with Gasteiger partial charge in [0.05, 0.1) is 12.3 Å². The molecule has 0 unspecified atom stereocenters. The Morgan fingerprint density at radius 2 is 1.61 bits per heavy atom. The third-order valence-corrected chi connectivity index (χ3v) is 3.68. The number of ether oxygens (including phenoxy) is 3. The van der Waals surface area contributed by atoms with Crippen molar-refractivity contribution in [1.82, 2.24) is 0 Å². The van der Waals surface area contributed by atoms with Gasteiger partial charge in [-0.15, -0.1) is 0 Å². The molecule has 0 heterocycles. The fourth-order valence-corrected chi connectivity index (χ4v) is 2.31. The summed E-state index contributed by atoms with van der Waals surface area (Å²) < 4.78 is 15.6. The Hall–Kier alpha value is -3.35. The monoisotopic (exact) mass is 385 g/mol. The highest BCUT2D eigenvalue weighted by Crippen LogP contribution is 2.23. The Morgan fingerprint density at radius 3 is 2.29 bits per heavy atom. The van der Waals surface area contributed by atoms with Crippen molar-refractivity contribution in [3.05, 3.63) is 54.1 Å². The molecule has 148 valence electrons. The zero-order valence-electron chi connectivity index (χ0n) is 15.9. The molecule has 0 aromatic heterocycles. The van der Waals surface area contributed by atoms with Crippen LogP contribution in [0.25, 0.3) is 0 Å². The number of carbonyl (C=O) groups excluding carboxylic acids is 3. The number of para-hydroxylation sites is 2. The molecule has 1 N–H and O–H groups in total. The van der Waals surface area contributed by atoms with E-state index in [2.05, 4.69) is 5.32 Å². The maximum Gasteiger partial charge on any atom is 0.344 e. The third-order valence-electron chi connectivity index (χ3n) is 3.68. The molecule has 28 heavy (non-hydrogen) atoms. The standard InChI is InChI=1S/C21H23NO6/c1-3-18(23)15-9-11-16(12-10-15)27-14-21(25)28-13-20(24)22-17-7-5-6-8-19(17)26-4-2/h5-12H,3-4,13-14H2,1-2H3,(H,22,24). The molecular weight excluding hydrogens is 362 g/mol. The van der Waals surface area contributed by atoms with E-state index in [1.807, 2.05) is 6.92 Å². The van der Waals surface area contributed by atoms with Crippen LogP contribution >= 0.6 is 0 Å². The van der Waals surface area contributed by atoms with E-state index in [0.717, 1.165) is 0 Å². The van der Waals surface area contributed by atoms with Gasteiger partial charge in [0.15, 0.2) is 19.0 Å². The molecule has 2 aromatic carbocycles. The van der Waals surface area contributed by atoms with E-state index in [0.29, 0.717) is 35.8 Å². The lowest BCUT2D eigenvalue weighted by Gasteiger charge is -2.11. The molecule has 0 radical (unpaired) electrons. The molecule has 7 nitrogen and oxygen atoms in total. The Labute approximate surface area is 163 Å². The maximum absolute atomic E-state index is 12.0. The van der Waals surface area contributed by atoms with Crippen molar-refractivity contribution in [3.63, 3.8) is 0 Å². The van der Waals surface area contributed by atoms with Crippen LogP contribution in [0.15, 0.2) is 48.5 Å². The minimum atomic E-state index is -0.679. The predicted octanol–water partition coefficient (Wildman–Crippen LogP) is 3.24. The van der Waals surface area contributed by atoms with Crippen LogP contribution in [0.2, 0.25) is 0 Å². The van der Waals surface area contributed by atoms with Crippen molar-refractivity contribution >= 4 is 23.3 Å². The minimum Gasteiger partial charge on any atom is -0.492 e. The van der Waals surface area contributed by atoms with Gasteiger partial charge in [0, 0.05) is 12.0 Å². The lowest BCUT2D eigenvalue weighted by Crippen LogP contribution is -2.23. The summed E-state index contributed by atoms with van der Waals surface area (Å²) in [5.74, 6) is -0.162. The van der Waals surface area contributed by atoms with E-state index in [1.54, 1.807) is 55.5 Å². The van der Waals surface area contributed by atoms with Gasteiger partial charge in [-0.05, 0) is 43.3 Å². The summed E-state index contributed by atoms with van der Waals surface area (Å²) in [7, 11) is 0. The van der Waals surface area contributed by atoms with E-state index in [9.17, 15) is 14.4 Å². The van der Waals surface area contributed by atoms with Crippen LogP contribution in [0.1, 0.15) is 30.6 Å². The number of anilines is 1. The van der Waals surface area contributed by atoms with Crippen LogP contribution in [0, 0.1) is 0 Å². The number of nitrogens with one attached hydrogen (secondary N) is 1. The van der Waals surface area contributed by atoms with Crippen molar-refractivity contribution in [1.29, 1.82) is 0 Å². The summed E-state index contributed by atoms with van der Waals surface area (Å²) in [5.41, 5.74) is 1.09. The molecule has 0 fully saturated rings.